The molecule has 0 aliphatic rings. The molecule has 9 nitrogen and oxygen atoms in total. The Kier molecular flexibility index (Phi) is 2.87. The van der Waals surface area contributed by atoms with Crippen LogP contribution < -0.4 is 11.2 Å². The number of benzene rings is 1. The molecule has 2 aromatic heterocycles. The van der Waals surface area contributed by atoms with E-state index in [9.17, 15) is 19.7 Å². The summed E-state index contributed by atoms with van der Waals surface area (Å²) in [5.74, 6) is -0.581. The zero-order valence-corrected chi connectivity index (χ0v) is 10.6. The molecular weight excluding hydrogens is 278 g/mol. The summed E-state index contributed by atoms with van der Waals surface area (Å²) in [4.78, 5) is 41.7. The van der Waals surface area contributed by atoms with Crippen LogP contribution in [0.5, 0.6) is 0 Å². The number of hydrogen-bond donors (Lipinski definition) is 2. The van der Waals surface area contributed by atoms with E-state index in [4.69, 9.17) is 0 Å². The molecule has 3 aromatic rings. The van der Waals surface area contributed by atoms with Crippen LogP contribution >= 0.6 is 0 Å². The molecule has 1 aromatic carbocycles. The van der Waals surface area contributed by atoms with E-state index in [0.717, 1.165) is 5.56 Å². The molecule has 2 heterocycles. The van der Waals surface area contributed by atoms with E-state index in [1.54, 1.807) is 24.3 Å². The summed E-state index contributed by atoms with van der Waals surface area (Å²) in [6.07, 6.45) is 0. The van der Waals surface area contributed by atoms with Crippen molar-refractivity contribution in [2.45, 2.75) is 6.54 Å². The van der Waals surface area contributed by atoms with Crippen molar-refractivity contribution in [3.8, 4) is 0 Å². The Balaban J connectivity index is 2.24. The third-order valence-electron chi connectivity index (χ3n) is 2.98. The van der Waals surface area contributed by atoms with Crippen LogP contribution in [-0.4, -0.2) is 24.4 Å². The third-order valence-corrected chi connectivity index (χ3v) is 2.98. The highest BCUT2D eigenvalue weighted by molar-refractivity contribution is 5.71. The Hall–Kier alpha value is -3.23. The van der Waals surface area contributed by atoms with E-state index in [2.05, 4.69) is 15.0 Å². The van der Waals surface area contributed by atoms with Crippen molar-refractivity contribution < 1.29 is 4.92 Å². The normalized spacial score (nSPS) is 10.9. The van der Waals surface area contributed by atoms with Crippen molar-refractivity contribution >= 4 is 17.1 Å². The molecule has 106 valence electrons. The fraction of sp³-hybridized carbons (Fsp3) is 0.0833. The van der Waals surface area contributed by atoms with Crippen molar-refractivity contribution in [3.05, 3.63) is 66.8 Å². The van der Waals surface area contributed by atoms with Gasteiger partial charge in [0.15, 0.2) is 0 Å². The van der Waals surface area contributed by atoms with Gasteiger partial charge in [-0.15, -0.1) is 0 Å². The van der Waals surface area contributed by atoms with E-state index >= 15 is 0 Å². The molecule has 0 bridgehead atoms. The number of nitrogens with zero attached hydrogens (tertiary/aromatic N) is 3. The van der Waals surface area contributed by atoms with Gasteiger partial charge in [-0.3, -0.25) is 14.3 Å². The maximum absolute atomic E-state index is 11.9. The van der Waals surface area contributed by atoms with Gasteiger partial charge in [-0.25, -0.2) is 9.78 Å². The summed E-state index contributed by atoms with van der Waals surface area (Å²) in [7, 11) is 0. The largest absolute Gasteiger partial charge is 0.435 e. The summed E-state index contributed by atoms with van der Waals surface area (Å²) in [6.45, 7) is 0.148. The van der Waals surface area contributed by atoms with Crippen LogP contribution in [0.15, 0.2) is 39.9 Å². The summed E-state index contributed by atoms with van der Waals surface area (Å²) in [5, 5.41) is 10.7. The standard InChI is InChI=1S/C12H9N5O4/c18-10-8-9(14-11(13-8)17(20)21)16(12(19)15-10)6-7-4-2-1-3-5-7/h1-5H,6H2,(H,13,14)(H,15,18,19). The van der Waals surface area contributed by atoms with E-state index in [1.807, 2.05) is 6.07 Å². The number of aromatic amines is 2. The van der Waals surface area contributed by atoms with Crippen molar-refractivity contribution in [3.63, 3.8) is 0 Å². The zero-order chi connectivity index (χ0) is 15.0. The molecule has 21 heavy (non-hydrogen) atoms. The molecule has 0 atom stereocenters. The highest BCUT2D eigenvalue weighted by Gasteiger charge is 2.21. The van der Waals surface area contributed by atoms with Gasteiger partial charge in [0.2, 0.25) is 5.52 Å². The molecule has 0 saturated carbocycles. The second-order valence-corrected chi connectivity index (χ2v) is 4.35. The van der Waals surface area contributed by atoms with Crippen molar-refractivity contribution in [1.29, 1.82) is 0 Å². The van der Waals surface area contributed by atoms with Gasteiger partial charge in [0.25, 0.3) is 11.2 Å². The molecule has 0 radical (unpaired) electrons. The van der Waals surface area contributed by atoms with Gasteiger partial charge in [0, 0.05) is 0 Å². The lowest BCUT2D eigenvalue weighted by molar-refractivity contribution is -0.393. The van der Waals surface area contributed by atoms with Crippen LogP contribution in [0.4, 0.5) is 5.95 Å². The van der Waals surface area contributed by atoms with Crippen LogP contribution in [0, 0.1) is 10.1 Å². The maximum Gasteiger partial charge on any atom is 0.435 e. The fourth-order valence-corrected chi connectivity index (χ4v) is 2.03. The average molecular weight is 287 g/mol. The number of aromatic nitrogens is 4. The Bertz CT molecular complexity index is 938. The first-order chi connectivity index (χ1) is 10.1. The first-order valence-electron chi connectivity index (χ1n) is 5.97. The van der Waals surface area contributed by atoms with Gasteiger partial charge < -0.3 is 10.1 Å². The number of hydrogen-bond acceptors (Lipinski definition) is 5. The smallest absolute Gasteiger partial charge is 0.390 e. The molecule has 0 saturated heterocycles. The molecule has 3 rings (SSSR count). The molecule has 0 unspecified atom stereocenters. The number of fused-ring (bicyclic) bond motifs is 1. The van der Waals surface area contributed by atoms with Crippen molar-refractivity contribution in [1.82, 2.24) is 19.5 Å². The van der Waals surface area contributed by atoms with Crippen LogP contribution in [0.25, 0.3) is 11.2 Å². The number of nitrogens with one attached hydrogen (secondary N) is 2. The molecule has 0 fully saturated rings. The highest BCUT2D eigenvalue weighted by atomic mass is 16.6. The van der Waals surface area contributed by atoms with E-state index < -0.39 is 22.1 Å². The summed E-state index contributed by atoms with van der Waals surface area (Å²) in [5.41, 5.74) is -0.743. The topological polar surface area (TPSA) is 127 Å². The second-order valence-electron chi connectivity index (χ2n) is 4.35. The zero-order valence-electron chi connectivity index (χ0n) is 10.6. The van der Waals surface area contributed by atoms with Crippen molar-refractivity contribution in [2.75, 3.05) is 0 Å². The lowest BCUT2D eigenvalue weighted by Gasteiger charge is -2.03. The Morgan fingerprint density at radius 1 is 1.19 bits per heavy atom. The predicted octanol–water partition coefficient (Wildman–Crippen LogP) is 0.369. The SMILES string of the molecule is O=c1[nH]c(=O)n(Cc2ccccc2)c2nc([N+](=O)[O-])[nH]c12. The van der Waals surface area contributed by atoms with Crippen LogP contribution in [-0.2, 0) is 6.54 Å². The fourth-order valence-electron chi connectivity index (χ4n) is 2.03. The van der Waals surface area contributed by atoms with Gasteiger partial charge in [0.05, 0.1) is 6.54 Å². The first kappa shape index (κ1) is 12.8. The molecule has 0 aliphatic heterocycles. The van der Waals surface area contributed by atoms with Crippen LogP contribution in [0.1, 0.15) is 5.56 Å². The minimum Gasteiger partial charge on any atom is -0.390 e. The molecule has 9 heteroatoms. The molecular formula is C12H9N5O4. The monoisotopic (exact) mass is 287 g/mol. The Labute approximate surface area is 116 Å². The van der Waals surface area contributed by atoms with E-state index in [-0.39, 0.29) is 17.7 Å². The van der Waals surface area contributed by atoms with Gasteiger partial charge in [-0.1, -0.05) is 30.3 Å². The number of H-pyrrole nitrogens is 2. The van der Waals surface area contributed by atoms with E-state index in [1.165, 1.54) is 4.57 Å². The Morgan fingerprint density at radius 2 is 1.90 bits per heavy atom. The minimum atomic E-state index is -0.753. The van der Waals surface area contributed by atoms with Gasteiger partial charge in [0.1, 0.15) is 0 Å². The molecule has 0 amide bonds. The lowest BCUT2D eigenvalue weighted by atomic mass is 10.2. The number of nitro groups is 1. The Morgan fingerprint density at radius 3 is 2.57 bits per heavy atom. The van der Waals surface area contributed by atoms with Crippen LogP contribution in [0.3, 0.4) is 0 Å². The molecule has 2 N–H and O–H groups in total. The average Bonchev–Trinajstić information content (AvgIpc) is 2.90. The third kappa shape index (κ3) is 2.20. The number of rotatable bonds is 3. The van der Waals surface area contributed by atoms with Crippen LogP contribution in [0.2, 0.25) is 0 Å². The molecule has 0 spiro atoms. The van der Waals surface area contributed by atoms with Gasteiger partial charge in [-0.05, 0) is 15.5 Å². The first-order valence-corrected chi connectivity index (χ1v) is 5.97. The van der Waals surface area contributed by atoms with Gasteiger partial charge in [-0.2, -0.15) is 0 Å². The minimum absolute atomic E-state index is 0.0423. The summed E-state index contributed by atoms with van der Waals surface area (Å²) >= 11 is 0. The summed E-state index contributed by atoms with van der Waals surface area (Å²) < 4.78 is 1.18. The molecule has 0 aliphatic carbocycles. The second kappa shape index (κ2) is 4.71. The van der Waals surface area contributed by atoms with Gasteiger partial charge >= 0.3 is 11.6 Å². The summed E-state index contributed by atoms with van der Waals surface area (Å²) in [6, 6.07) is 9.02. The maximum atomic E-state index is 11.9. The number of imidazole rings is 1. The quantitative estimate of drug-likeness (QED) is 0.531. The lowest BCUT2D eigenvalue weighted by Crippen LogP contribution is -2.30. The van der Waals surface area contributed by atoms with E-state index in [0.29, 0.717) is 0 Å². The highest BCUT2D eigenvalue weighted by Crippen LogP contribution is 2.12. The predicted molar refractivity (Wildman–Crippen MR) is 73.2 cm³/mol. The van der Waals surface area contributed by atoms with Crippen molar-refractivity contribution in [2.24, 2.45) is 0 Å².